The van der Waals surface area contributed by atoms with Gasteiger partial charge in [0.2, 0.25) is 0 Å². The van der Waals surface area contributed by atoms with Crippen molar-refractivity contribution in [3.8, 4) is 0 Å². The molecular weight excluding hydrogens is 412 g/mol. The molecule has 1 N–H and O–H groups in total. The van der Waals surface area contributed by atoms with E-state index in [0.717, 1.165) is 54.8 Å². The minimum Gasteiger partial charge on any atom is -0.379 e. The molecule has 1 atom stereocenters. The molecule has 33 heavy (non-hydrogen) atoms. The van der Waals surface area contributed by atoms with Crippen molar-refractivity contribution >= 4 is 34.6 Å². The molecule has 5 heteroatoms. The van der Waals surface area contributed by atoms with Gasteiger partial charge in [-0.05, 0) is 59.7 Å². The lowest BCUT2D eigenvalue weighted by atomic mass is 10.0. The fourth-order valence-corrected chi connectivity index (χ4v) is 4.09. The fraction of sp³-hybridized carbons (Fsp3) is 0.286. The highest BCUT2D eigenvalue weighted by atomic mass is 16.5. The van der Waals surface area contributed by atoms with Crippen molar-refractivity contribution in [2.24, 2.45) is 0 Å². The van der Waals surface area contributed by atoms with E-state index in [1.54, 1.807) is 12.2 Å². The number of hydrogen-bond acceptors (Lipinski definition) is 4. The maximum atomic E-state index is 12.2. The second-order valence-corrected chi connectivity index (χ2v) is 8.54. The Morgan fingerprint density at radius 1 is 0.970 bits per heavy atom. The number of morpholine rings is 1. The highest BCUT2D eigenvalue weighted by Gasteiger charge is 2.17. The number of aromatic amines is 1. The van der Waals surface area contributed by atoms with E-state index < -0.39 is 0 Å². The standard InChI is InChI=1S/C28H30N2O3/c1-21(30-14-16-33-17-15-30)18-23-4-2-22(3-5-23)7-10-26(31)20-27(32)11-8-24-6-9-25-12-13-29-28(25)19-24/h2-13,19,21,29H,14-18,20H2,1H3/b10-7+,11-8+. The number of rotatable bonds is 9. The molecule has 1 aliphatic rings. The molecule has 1 aliphatic heterocycles. The van der Waals surface area contributed by atoms with E-state index in [4.69, 9.17) is 4.74 Å². The van der Waals surface area contributed by atoms with Gasteiger partial charge in [-0.2, -0.15) is 0 Å². The number of nitrogens with zero attached hydrogens (tertiary/aromatic N) is 1. The van der Waals surface area contributed by atoms with Crippen molar-refractivity contribution in [1.82, 2.24) is 9.88 Å². The molecule has 170 valence electrons. The van der Waals surface area contributed by atoms with Crippen LogP contribution in [0.25, 0.3) is 23.1 Å². The number of ketones is 2. The molecule has 0 saturated carbocycles. The van der Waals surface area contributed by atoms with Crippen molar-refractivity contribution < 1.29 is 14.3 Å². The minimum absolute atomic E-state index is 0.132. The number of benzene rings is 2. The summed E-state index contributed by atoms with van der Waals surface area (Å²) in [5, 5.41) is 1.12. The third kappa shape index (κ3) is 6.60. The number of nitrogens with one attached hydrogen (secondary N) is 1. The number of H-pyrrole nitrogens is 1. The van der Waals surface area contributed by atoms with Crippen molar-refractivity contribution in [2.45, 2.75) is 25.8 Å². The van der Waals surface area contributed by atoms with Gasteiger partial charge in [-0.3, -0.25) is 14.5 Å². The molecule has 0 amide bonds. The average molecular weight is 443 g/mol. The molecule has 1 unspecified atom stereocenters. The van der Waals surface area contributed by atoms with E-state index in [1.807, 2.05) is 42.6 Å². The number of allylic oxidation sites excluding steroid dienone is 2. The summed E-state index contributed by atoms with van der Waals surface area (Å²) in [7, 11) is 0. The lowest BCUT2D eigenvalue weighted by Gasteiger charge is -2.32. The molecule has 2 aromatic carbocycles. The predicted molar refractivity (Wildman–Crippen MR) is 133 cm³/mol. The lowest BCUT2D eigenvalue weighted by molar-refractivity contribution is -0.121. The Labute approximate surface area is 194 Å². The summed E-state index contributed by atoms with van der Waals surface area (Å²) in [6.45, 7) is 5.84. The van der Waals surface area contributed by atoms with Gasteiger partial charge in [0.15, 0.2) is 11.6 Å². The molecule has 5 nitrogen and oxygen atoms in total. The van der Waals surface area contributed by atoms with E-state index in [0.29, 0.717) is 6.04 Å². The van der Waals surface area contributed by atoms with Crippen LogP contribution in [0.15, 0.2) is 66.9 Å². The van der Waals surface area contributed by atoms with E-state index in [-0.39, 0.29) is 18.0 Å². The van der Waals surface area contributed by atoms with E-state index in [9.17, 15) is 9.59 Å². The zero-order valence-corrected chi connectivity index (χ0v) is 19.0. The molecule has 4 rings (SSSR count). The molecule has 1 aromatic heterocycles. The lowest BCUT2D eigenvalue weighted by Crippen LogP contribution is -2.43. The van der Waals surface area contributed by atoms with Crippen molar-refractivity contribution in [3.63, 3.8) is 0 Å². The van der Waals surface area contributed by atoms with Crippen LogP contribution in [0.4, 0.5) is 0 Å². The zero-order chi connectivity index (χ0) is 23.0. The summed E-state index contributed by atoms with van der Waals surface area (Å²) < 4.78 is 5.43. The molecule has 0 aliphatic carbocycles. The van der Waals surface area contributed by atoms with Crippen LogP contribution in [0.2, 0.25) is 0 Å². The number of carbonyl (C=O) groups excluding carboxylic acids is 2. The summed E-state index contributed by atoms with van der Waals surface area (Å²) in [6, 6.07) is 16.6. The minimum atomic E-state index is -0.205. The van der Waals surface area contributed by atoms with Crippen LogP contribution in [0.1, 0.15) is 30.0 Å². The first kappa shape index (κ1) is 22.9. The molecule has 1 saturated heterocycles. The Hall–Kier alpha value is -3.28. The van der Waals surface area contributed by atoms with Crippen molar-refractivity contribution in [2.75, 3.05) is 26.3 Å². The first-order chi connectivity index (χ1) is 16.1. The SMILES string of the molecule is CC(Cc1ccc(/C=C/C(=O)CC(=O)/C=C/c2ccc3cc[nH]c3c2)cc1)N1CCOCC1. The first-order valence-corrected chi connectivity index (χ1v) is 11.5. The molecule has 3 aromatic rings. The summed E-state index contributed by atoms with van der Waals surface area (Å²) in [4.78, 5) is 30.0. The van der Waals surface area contributed by atoms with Gasteiger partial charge in [0.05, 0.1) is 19.6 Å². The number of hydrogen-bond donors (Lipinski definition) is 1. The molecular formula is C28H30N2O3. The molecule has 0 bridgehead atoms. The topological polar surface area (TPSA) is 62.4 Å². The van der Waals surface area contributed by atoms with Gasteiger partial charge >= 0.3 is 0 Å². The van der Waals surface area contributed by atoms with Crippen LogP contribution in [0.3, 0.4) is 0 Å². The third-order valence-corrected chi connectivity index (χ3v) is 6.03. The summed E-state index contributed by atoms with van der Waals surface area (Å²) >= 11 is 0. The number of carbonyl (C=O) groups is 2. The first-order valence-electron chi connectivity index (χ1n) is 11.5. The van der Waals surface area contributed by atoms with Crippen molar-refractivity contribution in [3.05, 3.63) is 83.6 Å². The van der Waals surface area contributed by atoms with Crippen LogP contribution in [-0.2, 0) is 20.7 Å². The third-order valence-electron chi connectivity index (χ3n) is 6.03. The quantitative estimate of drug-likeness (QED) is 0.386. The van der Waals surface area contributed by atoms with Crippen LogP contribution < -0.4 is 0 Å². The van der Waals surface area contributed by atoms with Crippen molar-refractivity contribution in [1.29, 1.82) is 0 Å². The van der Waals surface area contributed by atoms with Crippen LogP contribution in [0, 0.1) is 0 Å². The number of fused-ring (bicyclic) bond motifs is 1. The zero-order valence-electron chi connectivity index (χ0n) is 19.0. The monoisotopic (exact) mass is 442 g/mol. The fourth-order valence-electron chi connectivity index (χ4n) is 4.09. The van der Waals surface area contributed by atoms with Gasteiger partial charge < -0.3 is 9.72 Å². The van der Waals surface area contributed by atoms with Crippen LogP contribution in [-0.4, -0.2) is 53.8 Å². The number of aromatic nitrogens is 1. The molecule has 0 radical (unpaired) electrons. The van der Waals surface area contributed by atoms with E-state index in [2.05, 4.69) is 28.9 Å². The normalized spacial score (nSPS) is 16.0. The second-order valence-electron chi connectivity index (χ2n) is 8.54. The Morgan fingerprint density at radius 3 is 2.36 bits per heavy atom. The molecule has 1 fully saturated rings. The largest absolute Gasteiger partial charge is 0.379 e. The van der Waals surface area contributed by atoms with Gasteiger partial charge in [-0.15, -0.1) is 0 Å². The molecule has 2 heterocycles. The summed E-state index contributed by atoms with van der Waals surface area (Å²) in [5.74, 6) is -0.404. The molecule has 0 spiro atoms. The Morgan fingerprint density at radius 2 is 1.64 bits per heavy atom. The van der Waals surface area contributed by atoms with E-state index in [1.165, 1.54) is 17.7 Å². The smallest absolute Gasteiger partial charge is 0.163 e. The Balaban J connectivity index is 1.25. The summed E-state index contributed by atoms with van der Waals surface area (Å²) in [5.41, 5.74) is 4.16. The Kier molecular flexibility index (Phi) is 7.66. The number of ether oxygens (including phenoxy) is 1. The van der Waals surface area contributed by atoms with Gasteiger partial charge in [-0.25, -0.2) is 0 Å². The average Bonchev–Trinajstić information content (AvgIpc) is 3.31. The van der Waals surface area contributed by atoms with Crippen LogP contribution in [0.5, 0.6) is 0 Å². The van der Waals surface area contributed by atoms with Gasteiger partial charge in [0.1, 0.15) is 0 Å². The van der Waals surface area contributed by atoms with Gasteiger partial charge in [0, 0.05) is 30.8 Å². The van der Waals surface area contributed by atoms with Gasteiger partial charge in [-0.1, -0.05) is 48.6 Å². The van der Waals surface area contributed by atoms with E-state index >= 15 is 0 Å². The maximum absolute atomic E-state index is 12.2. The van der Waals surface area contributed by atoms with Crippen LogP contribution >= 0.6 is 0 Å². The Bertz CT molecular complexity index is 1150. The van der Waals surface area contributed by atoms with Gasteiger partial charge in [0.25, 0.3) is 0 Å². The highest BCUT2D eigenvalue weighted by Crippen LogP contribution is 2.16. The highest BCUT2D eigenvalue weighted by molar-refractivity contribution is 6.11. The second kappa shape index (κ2) is 11.0. The maximum Gasteiger partial charge on any atom is 0.163 e. The summed E-state index contributed by atoms with van der Waals surface area (Å²) in [6.07, 6.45) is 9.22. The predicted octanol–water partition coefficient (Wildman–Crippen LogP) is 4.69.